The van der Waals surface area contributed by atoms with Gasteiger partial charge in [-0.05, 0) is 18.6 Å². The van der Waals surface area contributed by atoms with E-state index in [4.69, 9.17) is 9.47 Å². The molecule has 1 fully saturated rings. The van der Waals surface area contributed by atoms with Crippen molar-refractivity contribution in [3.05, 3.63) is 18.2 Å². The third kappa shape index (κ3) is 3.76. The van der Waals surface area contributed by atoms with Crippen molar-refractivity contribution in [1.82, 2.24) is 9.21 Å². The zero-order valence-corrected chi connectivity index (χ0v) is 14.4. The smallest absolute Gasteiger partial charge is 0.246 e. The van der Waals surface area contributed by atoms with E-state index in [1.165, 1.54) is 31.5 Å². The molecule has 0 radical (unpaired) electrons. The van der Waals surface area contributed by atoms with Gasteiger partial charge in [-0.3, -0.25) is 4.79 Å². The number of amides is 1. The van der Waals surface area contributed by atoms with Crippen LogP contribution in [0.15, 0.2) is 23.1 Å². The highest BCUT2D eigenvalue weighted by atomic mass is 32.2. The number of rotatable bonds is 4. The van der Waals surface area contributed by atoms with Gasteiger partial charge in [-0.1, -0.05) is 0 Å². The number of methoxy groups -OCH3 is 2. The molecule has 1 saturated heterocycles. The Morgan fingerprint density at radius 2 is 1.83 bits per heavy atom. The molecule has 128 valence electrons. The molecule has 8 heteroatoms. The molecular weight excluding hydrogens is 320 g/mol. The molecule has 0 aromatic heterocycles. The molecule has 0 bridgehead atoms. The lowest BCUT2D eigenvalue weighted by molar-refractivity contribution is -0.128. The van der Waals surface area contributed by atoms with E-state index in [1.54, 1.807) is 17.0 Å². The van der Waals surface area contributed by atoms with Crippen molar-refractivity contribution in [2.45, 2.75) is 18.2 Å². The number of benzene rings is 1. The van der Waals surface area contributed by atoms with Crippen LogP contribution in [-0.2, 0) is 14.8 Å². The molecule has 23 heavy (non-hydrogen) atoms. The van der Waals surface area contributed by atoms with Gasteiger partial charge in [-0.2, -0.15) is 4.31 Å². The van der Waals surface area contributed by atoms with Gasteiger partial charge in [0.2, 0.25) is 15.9 Å². The molecule has 0 atom stereocenters. The summed E-state index contributed by atoms with van der Waals surface area (Å²) in [6, 6.07) is 4.63. The Balaban J connectivity index is 2.29. The van der Waals surface area contributed by atoms with Gasteiger partial charge in [0.05, 0.1) is 14.2 Å². The van der Waals surface area contributed by atoms with Gasteiger partial charge in [0, 0.05) is 39.2 Å². The van der Waals surface area contributed by atoms with Crippen molar-refractivity contribution in [2.24, 2.45) is 0 Å². The Hall–Kier alpha value is -1.80. The van der Waals surface area contributed by atoms with Crippen molar-refractivity contribution >= 4 is 15.9 Å². The van der Waals surface area contributed by atoms with Gasteiger partial charge in [-0.15, -0.1) is 0 Å². The summed E-state index contributed by atoms with van der Waals surface area (Å²) in [7, 11) is -0.755. The van der Waals surface area contributed by atoms with Gasteiger partial charge in [0.25, 0.3) is 0 Å². The van der Waals surface area contributed by atoms with Crippen molar-refractivity contribution in [3.63, 3.8) is 0 Å². The Bertz CT molecular complexity index is 674. The largest absolute Gasteiger partial charge is 0.497 e. The van der Waals surface area contributed by atoms with E-state index in [2.05, 4.69) is 0 Å². The molecule has 0 spiro atoms. The number of ether oxygens (including phenoxy) is 2. The predicted molar refractivity (Wildman–Crippen MR) is 85.2 cm³/mol. The third-order valence-corrected chi connectivity index (χ3v) is 5.83. The Morgan fingerprint density at radius 1 is 1.09 bits per heavy atom. The first kappa shape index (κ1) is 17.6. The molecule has 1 amide bonds. The molecule has 1 aliphatic rings. The lowest BCUT2D eigenvalue weighted by Gasteiger charge is -2.22. The summed E-state index contributed by atoms with van der Waals surface area (Å²) in [5.41, 5.74) is 0. The average molecular weight is 342 g/mol. The number of carbonyl (C=O) groups excluding carboxylic acids is 1. The Morgan fingerprint density at radius 3 is 2.43 bits per heavy atom. The Kier molecular flexibility index (Phi) is 5.48. The standard InChI is InChI=1S/C15H22N2O5S/c1-12(18)16-7-4-8-17(10-9-16)23(19,20)15-6-5-13(21-2)11-14(15)22-3/h5-6,11H,4,7-10H2,1-3H3. The fraction of sp³-hybridized carbons (Fsp3) is 0.533. The summed E-state index contributed by atoms with van der Waals surface area (Å²) in [4.78, 5) is 13.2. The molecule has 1 heterocycles. The first-order chi connectivity index (χ1) is 10.9. The first-order valence-electron chi connectivity index (χ1n) is 7.38. The summed E-state index contributed by atoms with van der Waals surface area (Å²) in [5.74, 6) is 0.739. The SMILES string of the molecule is COc1ccc(S(=O)(=O)N2CCCN(C(C)=O)CC2)c(OC)c1. The molecule has 0 unspecified atom stereocenters. The van der Waals surface area contributed by atoms with Crippen LogP contribution >= 0.6 is 0 Å². The van der Waals surface area contributed by atoms with E-state index in [-0.39, 0.29) is 23.1 Å². The van der Waals surface area contributed by atoms with Crippen LogP contribution in [0.1, 0.15) is 13.3 Å². The lowest BCUT2D eigenvalue weighted by Crippen LogP contribution is -2.36. The second-order valence-electron chi connectivity index (χ2n) is 5.28. The van der Waals surface area contributed by atoms with Crippen LogP contribution in [0.25, 0.3) is 0 Å². The number of hydrogen-bond acceptors (Lipinski definition) is 5. The summed E-state index contributed by atoms with van der Waals surface area (Å²) in [6.07, 6.45) is 0.608. The second kappa shape index (κ2) is 7.18. The predicted octanol–water partition coefficient (Wildman–Crippen LogP) is 0.947. The molecule has 1 aliphatic heterocycles. The summed E-state index contributed by atoms with van der Waals surface area (Å²) in [5, 5.41) is 0. The van der Waals surface area contributed by atoms with Crippen molar-refractivity contribution in [3.8, 4) is 11.5 Å². The maximum Gasteiger partial charge on any atom is 0.246 e. The van der Waals surface area contributed by atoms with Crippen LogP contribution in [-0.4, -0.2) is 63.9 Å². The van der Waals surface area contributed by atoms with Crippen molar-refractivity contribution in [2.75, 3.05) is 40.4 Å². The monoisotopic (exact) mass is 342 g/mol. The van der Waals surface area contributed by atoms with Gasteiger partial charge >= 0.3 is 0 Å². The topological polar surface area (TPSA) is 76.2 Å². The van der Waals surface area contributed by atoms with Crippen LogP contribution in [0.4, 0.5) is 0 Å². The van der Waals surface area contributed by atoms with E-state index < -0.39 is 10.0 Å². The summed E-state index contributed by atoms with van der Waals surface area (Å²) in [6.45, 7) is 3.11. The lowest BCUT2D eigenvalue weighted by atomic mass is 10.3. The van der Waals surface area contributed by atoms with Gasteiger partial charge in [-0.25, -0.2) is 8.42 Å². The molecule has 1 aromatic carbocycles. The second-order valence-corrected chi connectivity index (χ2v) is 7.19. The molecule has 0 saturated carbocycles. The zero-order chi connectivity index (χ0) is 17.0. The molecule has 1 aromatic rings. The highest BCUT2D eigenvalue weighted by Gasteiger charge is 2.30. The maximum absolute atomic E-state index is 12.9. The van der Waals surface area contributed by atoms with Crippen LogP contribution in [0, 0.1) is 0 Å². The van der Waals surface area contributed by atoms with E-state index in [1.807, 2.05) is 0 Å². The molecule has 0 aliphatic carbocycles. The van der Waals surface area contributed by atoms with E-state index in [0.29, 0.717) is 31.8 Å². The minimum Gasteiger partial charge on any atom is -0.497 e. The minimum absolute atomic E-state index is 0.0359. The first-order valence-corrected chi connectivity index (χ1v) is 8.82. The quantitative estimate of drug-likeness (QED) is 0.814. The normalized spacial score (nSPS) is 16.7. The Labute approximate surface area is 136 Å². The summed E-state index contributed by atoms with van der Waals surface area (Å²) >= 11 is 0. The van der Waals surface area contributed by atoms with Crippen molar-refractivity contribution in [1.29, 1.82) is 0 Å². The van der Waals surface area contributed by atoms with E-state index in [9.17, 15) is 13.2 Å². The molecule has 7 nitrogen and oxygen atoms in total. The number of hydrogen-bond donors (Lipinski definition) is 0. The van der Waals surface area contributed by atoms with Gasteiger partial charge in [0.1, 0.15) is 16.4 Å². The minimum atomic E-state index is -3.69. The fourth-order valence-electron chi connectivity index (χ4n) is 2.58. The van der Waals surface area contributed by atoms with E-state index in [0.717, 1.165) is 0 Å². The fourth-order valence-corrected chi connectivity index (χ4v) is 4.18. The zero-order valence-electron chi connectivity index (χ0n) is 13.6. The summed E-state index contributed by atoms with van der Waals surface area (Å²) < 4.78 is 37.5. The molecular formula is C15H22N2O5S. The average Bonchev–Trinajstić information content (AvgIpc) is 2.80. The van der Waals surface area contributed by atoms with Gasteiger partial charge in [0.15, 0.2) is 0 Å². The van der Waals surface area contributed by atoms with Crippen molar-refractivity contribution < 1.29 is 22.7 Å². The van der Waals surface area contributed by atoms with Crippen LogP contribution < -0.4 is 9.47 Å². The maximum atomic E-state index is 12.9. The number of carbonyl (C=O) groups is 1. The number of sulfonamides is 1. The third-order valence-electron chi connectivity index (χ3n) is 3.89. The van der Waals surface area contributed by atoms with Crippen LogP contribution in [0.2, 0.25) is 0 Å². The van der Waals surface area contributed by atoms with Gasteiger partial charge < -0.3 is 14.4 Å². The molecule has 2 rings (SSSR count). The number of nitrogens with zero attached hydrogens (tertiary/aromatic N) is 2. The van der Waals surface area contributed by atoms with E-state index >= 15 is 0 Å². The molecule has 0 N–H and O–H groups in total. The highest BCUT2D eigenvalue weighted by Crippen LogP contribution is 2.31. The van der Waals surface area contributed by atoms with Crippen LogP contribution in [0.5, 0.6) is 11.5 Å². The van der Waals surface area contributed by atoms with Crippen LogP contribution in [0.3, 0.4) is 0 Å². The highest BCUT2D eigenvalue weighted by molar-refractivity contribution is 7.89.